The van der Waals surface area contributed by atoms with Crippen LogP contribution < -0.4 is 10.1 Å². The van der Waals surface area contributed by atoms with Crippen LogP contribution in [-0.4, -0.2) is 35.8 Å². The molecule has 5 nitrogen and oxygen atoms in total. The van der Waals surface area contributed by atoms with Gasteiger partial charge in [0.05, 0.1) is 19.8 Å². The van der Waals surface area contributed by atoms with Crippen molar-refractivity contribution >= 4 is 11.7 Å². The number of nitrogens with one attached hydrogen (secondary N) is 1. The molecular formula is C20H26N2O3. The molecule has 2 rings (SSSR count). The van der Waals surface area contributed by atoms with E-state index >= 15 is 0 Å². The molecule has 2 aromatic rings. The standard InChI is InChI=1S/C20H26N2O3/c1-15(2)19(14-23)22(13-16-7-5-4-6-8-16)20(24)21-17-9-11-18(25-3)12-10-17/h4-12,15,19,23H,13-14H2,1-3H3,(H,21,24). The molecule has 0 heterocycles. The lowest BCUT2D eigenvalue weighted by molar-refractivity contribution is 0.110. The Labute approximate surface area is 149 Å². The molecule has 0 aliphatic rings. The average Bonchev–Trinajstić information content (AvgIpc) is 2.62. The number of nitrogens with zero attached hydrogens (tertiary/aromatic N) is 1. The second kappa shape index (κ2) is 9.08. The number of hydrogen-bond donors (Lipinski definition) is 2. The molecule has 0 bridgehead atoms. The van der Waals surface area contributed by atoms with Gasteiger partial charge in [-0.15, -0.1) is 0 Å². The summed E-state index contributed by atoms with van der Waals surface area (Å²) in [5.74, 6) is 0.866. The first-order chi connectivity index (χ1) is 12.0. The highest BCUT2D eigenvalue weighted by Crippen LogP contribution is 2.19. The molecule has 2 aromatic carbocycles. The van der Waals surface area contributed by atoms with E-state index < -0.39 is 0 Å². The Bertz CT molecular complexity index is 656. The van der Waals surface area contributed by atoms with Crippen molar-refractivity contribution in [3.63, 3.8) is 0 Å². The van der Waals surface area contributed by atoms with Crippen LogP contribution in [0.3, 0.4) is 0 Å². The summed E-state index contributed by atoms with van der Waals surface area (Å²) in [4.78, 5) is 14.5. The van der Waals surface area contributed by atoms with Gasteiger partial charge < -0.3 is 20.1 Å². The van der Waals surface area contributed by atoms with Crippen molar-refractivity contribution in [2.75, 3.05) is 19.0 Å². The van der Waals surface area contributed by atoms with E-state index in [1.165, 1.54) is 0 Å². The summed E-state index contributed by atoms with van der Waals surface area (Å²) >= 11 is 0. The van der Waals surface area contributed by atoms with Gasteiger partial charge in [0, 0.05) is 12.2 Å². The summed E-state index contributed by atoms with van der Waals surface area (Å²) in [5.41, 5.74) is 1.70. The highest BCUT2D eigenvalue weighted by atomic mass is 16.5. The van der Waals surface area contributed by atoms with Crippen LogP contribution in [0.2, 0.25) is 0 Å². The van der Waals surface area contributed by atoms with Crippen molar-refractivity contribution in [2.45, 2.75) is 26.4 Å². The summed E-state index contributed by atoms with van der Waals surface area (Å²) in [6.45, 7) is 4.35. The van der Waals surface area contributed by atoms with Crippen molar-refractivity contribution in [2.24, 2.45) is 5.92 Å². The molecule has 2 N–H and O–H groups in total. The molecule has 0 aliphatic carbocycles. The van der Waals surface area contributed by atoms with Crippen LogP contribution in [0.1, 0.15) is 19.4 Å². The third-order valence-electron chi connectivity index (χ3n) is 4.15. The minimum atomic E-state index is -0.265. The summed E-state index contributed by atoms with van der Waals surface area (Å²) in [6.07, 6.45) is 0. The Kier molecular flexibility index (Phi) is 6.83. The van der Waals surface area contributed by atoms with Crippen molar-refractivity contribution in [3.8, 4) is 5.75 Å². The van der Waals surface area contributed by atoms with E-state index in [2.05, 4.69) is 5.32 Å². The highest BCUT2D eigenvalue weighted by Gasteiger charge is 2.26. The molecule has 0 fully saturated rings. The first-order valence-corrected chi connectivity index (χ1v) is 8.41. The second-order valence-corrected chi connectivity index (χ2v) is 6.27. The number of hydrogen-bond acceptors (Lipinski definition) is 3. The van der Waals surface area contributed by atoms with Crippen molar-refractivity contribution in [3.05, 3.63) is 60.2 Å². The van der Waals surface area contributed by atoms with Crippen LogP contribution >= 0.6 is 0 Å². The molecule has 0 radical (unpaired) electrons. The van der Waals surface area contributed by atoms with E-state index in [1.807, 2.05) is 44.2 Å². The van der Waals surface area contributed by atoms with Gasteiger partial charge in [-0.2, -0.15) is 0 Å². The Morgan fingerprint density at radius 2 is 1.76 bits per heavy atom. The molecule has 0 saturated heterocycles. The largest absolute Gasteiger partial charge is 0.497 e. The van der Waals surface area contributed by atoms with Gasteiger partial charge in [-0.25, -0.2) is 4.79 Å². The van der Waals surface area contributed by atoms with Gasteiger partial charge in [-0.05, 0) is 35.7 Å². The van der Waals surface area contributed by atoms with Crippen molar-refractivity contribution < 1.29 is 14.6 Å². The predicted octanol–water partition coefficient (Wildman–Crippen LogP) is 3.75. The van der Waals surface area contributed by atoms with E-state index in [1.54, 1.807) is 36.3 Å². The number of rotatable bonds is 7. The molecule has 0 aromatic heterocycles. The normalized spacial score (nSPS) is 11.9. The van der Waals surface area contributed by atoms with Crippen LogP contribution in [0.25, 0.3) is 0 Å². The van der Waals surface area contributed by atoms with E-state index in [0.29, 0.717) is 12.2 Å². The molecule has 5 heteroatoms. The molecule has 1 unspecified atom stereocenters. The molecule has 134 valence electrons. The number of methoxy groups -OCH3 is 1. The van der Waals surface area contributed by atoms with Crippen LogP contribution in [0.5, 0.6) is 5.75 Å². The number of amides is 2. The molecular weight excluding hydrogens is 316 g/mol. The fraction of sp³-hybridized carbons (Fsp3) is 0.350. The summed E-state index contributed by atoms with van der Waals surface area (Å²) in [7, 11) is 1.60. The van der Waals surface area contributed by atoms with Gasteiger partial charge in [0.2, 0.25) is 0 Å². The molecule has 25 heavy (non-hydrogen) atoms. The number of aliphatic hydroxyl groups excluding tert-OH is 1. The van der Waals surface area contributed by atoms with E-state index in [0.717, 1.165) is 11.3 Å². The van der Waals surface area contributed by atoms with Gasteiger partial charge >= 0.3 is 6.03 Å². The average molecular weight is 342 g/mol. The van der Waals surface area contributed by atoms with Gasteiger partial charge in [0.1, 0.15) is 5.75 Å². The quantitative estimate of drug-likeness (QED) is 0.806. The van der Waals surface area contributed by atoms with E-state index in [9.17, 15) is 9.90 Å². The SMILES string of the molecule is COc1ccc(NC(=O)N(Cc2ccccc2)C(CO)C(C)C)cc1. The minimum absolute atomic E-state index is 0.0828. The van der Waals surface area contributed by atoms with Gasteiger partial charge in [-0.1, -0.05) is 44.2 Å². The molecule has 0 saturated carbocycles. The van der Waals surface area contributed by atoms with Gasteiger partial charge in [-0.3, -0.25) is 0 Å². The van der Waals surface area contributed by atoms with Gasteiger partial charge in [0.25, 0.3) is 0 Å². The highest BCUT2D eigenvalue weighted by molar-refractivity contribution is 5.89. The van der Waals surface area contributed by atoms with Crippen LogP contribution in [0, 0.1) is 5.92 Å². The van der Waals surface area contributed by atoms with Crippen LogP contribution in [0.4, 0.5) is 10.5 Å². The van der Waals surface area contributed by atoms with Crippen molar-refractivity contribution in [1.82, 2.24) is 4.90 Å². The lowest BCUT2D eigenvalue weighted by Gasteiger charge is -2.33. The fourth-order valence-electron chi connectivity index (χ4n) is 2.66. The topological polar surface area (TPSA) is 61.8 Å². The second-order valence-electron chi connectivity index (χ2n) is 6.27. The predicted molar refractivity (Wildman–Crippen MR) is 99.7 cm³/mol. The maximum Gasteiger partial charge on any atom is 0.322 e. The number of carbonyl (C=O) groups excluding carboxylic acids is 1. The number of urea groups is 1. The lowest BCUT2D eigenvalue weighted by Crippen LogP contribution is -2.47. The van der Waals surface area contributed by atoms with E-state index in [-0.39, 0.29) is 24.6 Å². The smallest absolute Gasteiger partial charge is 0.322 e. The third-order valence-corrected chi connectivity index (χ3v) is 4.15. The zero-order valence-corrected chi connectivity index (χ0v) is 15.0. The number of benzene rings is 2. The number of aliphatic hydroxyl groups is 1. The Morgan fingerprint density at radius 3 is 2.28 bits per heavy atom. The fourth-order valence-corrected chi connectivity index (χ4v) is 2.66. The Hall–Kier alpha value is -2.53. The maximum atomic E-state index is 12.8. The zero-order chi connectivity index (χ0) is 18.2. The summed E-state index contributed by atoms with van der Waals surface area (Å²) in [5, 5.41) is 12.7. The monoisotopic (exact) mass is 342 g/mol. The molecule has 0 aliphatic heterocycles. The number of carbonyl (C=O) groups is 1. The molecule has 2 amide bonds. The minimum Gasteiger partial charge on any atom is -0.497 e. The first kappa shape index (κ1) is 18.8. The molecule has 1 atom stereocenters. The van der Waals surface area contributed by atoms with Crippen molar-refractivity contribution in [1.29, 1.82) is 0 Å². The maximum absolute atomic E-state index is 12.8. The van der Waals surface area contributed by atoms with Crippen LogP contribution in [0.15, 0.2) is 54.6 Å². The Morgan fingerprint density at radius 1 is 1.12 bits per heavy atom. The number of anilines is 1. The Balaban J connectivity index is 2.18. The first-order valence-electron chi connectivity index (χ1n) is 8.41. The third kappa shape index (κ3) is 5.22. The van der Waals surface area contributed by atoms with E-state index in [4.69, 9.17) is 4.74 Å². The lowest BCUT2D eigenvalue weighted by atomic mass is 10.0. The van der Waals surface area contributed by atoms with Gasteiger partial charge in [0.15, 0.2) is 0 Å². The molecule has 0 spiro atoms. The summed E-state index contributed by atoms with van der Waals surface area (Å²) in [6, 6.07) is 16.5. The number of ether oxygens (including phenoxy) is 1. The van der Waals surface area contributed by atoms with Crippen LogP contribution in [-0.2, 0) is 6.54 Å². The summed E-state index contributed by atoms with van der Waals surface area (Å²) < 4.78 is 5.13. The zero-order valence-electron chi connectivity index (χ0n) is 15.0.